The highest BCUT2D eigenvalue weighted by Gasteiger charge is 2.71. The Kier molecular flexibility index (Phi) is 4.94. The Morgan fingerprint density at radius 2 is 1.86 bits per heavy atom. The first-order valence-corrected chi connectivity index (χ1v) is 12.3. The van der Waals surface area contributed by atoms with Gasteiger partial charge in [0.25, 0.3) is 5.79 Å². The molecule has 0 bridgehead atoms. The molecule has 0 aromatic carbocycles. The highest BCUT2D eigenvalue weighted by atomic mass is 16.7. The first-order valence-electron chi connectivity index (χ1n) is 12.3. The molecule has 0 saturated heterocycles. The molecule has 2 fully saturated rings. The van der Waals surface area contributed by atoms with Gasteiger partial charge in [-0.2, -0.15) is 0 Å². The van der Waals surface area contributed by atoms with Crippen LogP contribution in [0.15, 0.2) is 46.8 Å². The van der Waals surface area contributed by atoms with Crippen molar-refractivity contribution in [3.63, 3.8) is 0 Å². The Labute approximate surface area is 205 Å². The van der Waals surface area contributed by atoms with Gasteiger partial charge in [-0.15, -0.1) is 0 Å². The van der Waals surface area contributed by atoms with E-state index in [4.69, 9.17) is 13.9 Å². The molecule has 1 aromatic rings. The molecule has 1 aromatic heterocycles. The number of hydrogen-bond acceptors (Lipinski definition) is 7. The van der Waals surface area contributed by atoms with Crippen LogP contribution in [0.4, 0.5) is 0 Å². The average Bonchev–Trinajstić information content (AvgIpc) is 3.30. The smallest absolute Gasteiger partial charge is 0.333 e. The minimum Gasteiger partial charge on any atom is -0.472 e. The predicted molar refractivity (Wildman–Crippen MR) is 125 cm³/mol. The lowest BCUT2D eigenvalue weighted by Gasteiger charge is -2.67. The van der Waals surface area contributed by atoms with Crippen LogP contribution < -0.4 is 0 Å². The maximum absolute atomic E-state index is 13.0. The van der Waals surface area contributed by atoms with Gasteiger partial charge in [0.1, 0.15) is 12.4 Å². The second-order valence-corrected chi connectivity index (χ2v) is 12.0. The normalized spacial score (nSPS) is 43.9. The third-order valence-electron chi connectivity index (χ3n) is 10.0. The Hall–Kier alpha value is -2.67. The van der Waals surface area contributed by atoms with E-state index < -0.39 is 40.1 Å². The van der Waals surface area contributed by atoms with Crippen LogP contribution in [0.3, 0.4) is 0 Å². The van der Waals surface area contributed by atoms with Gasteiger partial charge in [0.15, 0.2) is 5.78 Å². The number of ether oxygens (including phenoxy) is 2. The van der Waals surface area contributed by atoms with Gasteiger partial charge in [0.2, 0.25) is 0 Å². The van der Waals surface area contributed by atoms with Gasteiger partial charge >= 0.3 is 11.9 Å². The fourth-order valence-corrected chi connectivity index (χ4v) is 8.18. The monoisotopic (exact) mass is 482 g/mol. The molecule has 7 atom stereocenters. The van der Waals surface area contributed by atoms with Crippen LogP contribution in [0.25, 0.3) is 0 Å². The van der Waals surface area contributed by atoms with Crippen molar-refractivity contribution in [2.75, 3.05) is 0 Å². The number of esters is 2. The zero-order valence-corrected chi connectivity index (χ0v) is 21.2. The summed E-state index contributed by atoms with van der Waals surface area (Å²) in [7, 11) is 0. The molecule has 5 rings (SSSR count). The topological polar surface area (TPSA) is 103 Å². The number of aliphatic hydroxyl groups is 1. The lowest BCUT2D eigenvalue weighted by atomic mass is 9.37. The van der Waals surface area contributed by atoms with Gasteiger partial charge in [-0.05, 0) is 61.2 Å². The van der Waals surface area contributed by atoms with Gasteiger partial charge in [0, 0.05) is 23.8 Å². The summed E-state index contributed by atoms with van der Waals surface area (Å²) in [5.74, 6) is -3.01. The summed E-state index contributed by atoms with van der Waals surface area (Å²) >= 11 is 0. The summed E-state index contributed by atoms with van der Waals surface area (Å²) in [6.45, 7) is 11.5. The Morgan fingerprint density at radius 3 is 2.49 bits per heavy atom. The number of carbonyl (C=O) groups excluding carboxylic acids is 3. The van der Waals surface area contributed by atoms with Gasteiger partial charge in [-0.25, -0.2) is 4.79 Å². The number of allylic oxidation sites excluding steroid dienone is 2. The highest BCUT2D eigenvalue weighted by molar-refractivity contribution is 5.96. The van der Waals surface area contributed by atoms with E-state index >= 15 is 0 Å². The molecular weight excluding hydrogens is 448 g/mol. The van der Waals surface area contributed by atoms with Crippen LogP contribution in [0.2, 0.25) is 0 Å². The van der Waals surface area contributed by atoms with Crippen LogP contribution in [0.5, 0.6) is 0 Å². The molecule has 2 heterocycles. The summed E-state index contributed by atoms with van der Waals surface area (Å²) in [6.07, 6.45) is 9.17. The lowest BCUT2D eigenvalue weighted by Crippen LogP contribution is -2.67. The number of cyclic esters (lactones) is 1. The van der Waals surface area contributed by atoms with Crippen molar-refractivity contribution in [2.45, 2.75) is 72.7 Å². The third-order valence-corrected chi connectivity index (χ3v) is 10.0. The average molecular weight is 483 g/mol. The molecule has 0 unspecified atom stereocenters. The second-order valence-electron chi connectivity index (χ2n) is 12.0. The molecule has 2 saturated carbocycles. The summed E-state index contributed by atoms with van der Waals surface area (Å²) in [5, 5.41) is 11.9. The van der Waals surface area contributed by atoms with E-state index in [0.717, 1.165) is 5.57 Å². The highest BCUT2D eigenvalue weighted by Crippen LogP contribution is 2.72. The van der Waals surface area contributed by atoms with Crippen LogP contribution >= 0.6 is 0 Å². The summed E-state index contributed by atoms with van der Waals surface area (Å²) < 4.78 is 16.9. The van der Waals surface area contributed by atoms with Crippen molar-refractivity contribution in [2.24, 2.45) is 33.5 Å². The van der Waals surface area contributed by atoms with E-state index in [1.165, 1.54) is 25.5 Å². The maximum Gasteiger partial charge on any atom is 0.333 e. The van der Waals surface area contributed by atoms with Crippen LogP contribution in [0, 0.1) is 33.5 Å². The molecule has 35 heavy (non-hydrogen) atoms. The SMILES string of the molecule is CC(=O)O[C@@H]1C[C@H]2C(C)(C)C(=O)C=C[C@]2(C)[C@H]2CC[C@]3(C)C(=CC(=O)O[C@@]3(O)c3ccoc3)[C@@]21C. The van der Waals surface area contributed by atoms with E-state index in [9.17, 15) is 19.5 Å². The molecule has 188 valence electrons. The van der Waals surface area contributed by atoms with Crippen LogP contribution in [-0.4, -0.2) is 28.9 Å². The van der Waals surface area contributed by atoms with Crippen LogP contribution in [-0.2, 0) is 29.6 Å². The van der Waals surface area contributed by atoms with Crippen molar-refractivity contribution < 1.29 is 33.4 Å². The fourth-order valence-electron chi connectivity index (χ4n) is 8.18. The first kappa shape index (κ1) is 24.0. The van der Waals surface area contributed by atoms with Crippen molar-refractivity contribution in [1.82, 2.24) is 0 Å². The summed E-state index contributed by atoms with van der Waals surface area (Å²) in [4.78, 5) is 38.2. The van der Waals surface area contributed by atoms with E-state index in [-0.39, 0.29) is 23.0 Å². The van der Waals surface area contributed by atoms with E-state index in [2.05, 4.69) is 6.92 Å². The molecule has 4 aliphatic rings. The largest absolute Gasteiger partial charge is 0.472 e. The number of rotatable bonds is 2. The van der Waals surface area contributed by atoms with E-state index in [0.29, 0.717) is 24.8 Å². The molecule has 1 N–H and O–H groups in total. The summed E-state index contributed by atoms with van der Waals surface area (Å²) in [5.41, 5.74) is -1.66. The van der Waals surface area contributed by atoms with Gasteiger partial charge in [-0.3, -0.25) is 9.59 Å². The summed E-state index contributed by atoms with van der Waals surface area (Å²) in [6, 6.07) is 1.61. The fraction of sp³-hybridized carbons (Fsp3) is 0.607. The third kappa shape index (κ3) is 2.90. The van der Waals surface area contributed by atoms with Crippen molar-refractivity contribution in [1.29, 1.82) is 0 Å². The Balaban J connectivity index is 1.73. The lowest BCUT2D eigenvalue weighted by molar-refractivity contribution is -0.280. The van der Waals surface area contributed by atoms with Gasteiger partial charge in [0.05, 0.1) is 17.2 Å². The molecule has 1 aliphatic heterocycles. The van der Waals surface area contributed by atoms with E-state index in [1.807, 2.05) is 33.8 Å². The van der Waals surface area contributed by atoms with Gasteiger partial charge in [-0.1, -0.05) is 33.8 Å². The first-order chi connectivity index (χ1) is 16.2. The Bertz CT molecular complexity index is 1160. The zero-order valence-electron chi connectivity index (χ0n) is 21.2. The van der Waals surface area contributed by atoms with Gasteiger partial charge < -0.3 is 19.0 Å². The van der Waals surface area contributed by atoms with Crippen molar-refractivity contribution >= 4 is 17.7 Å². The molecular formula is C28H34O7. The van der Waals surface area contributed by atoms with E-state index in [1.54, 1.807) is 12.1 Å². The standard InChI is InChI=1S/C28H34O7/c1-16(29)34-22-13-19-24(2,3)21(30)8-10-25(19,4)18-7-11-26(5)20(27(18,22)6)14-23(31)35-28(26,32)17-9-12-33-15-17/h8-10,12,14-15,18-19,22,32H,7,11,13H2,1-6H3/t18-,19+,22-,25-,26-,27-,28+/m1/s1. The minimum atomic E-state index is -1.93. The molecule has 3 aliphatic carbocycles. The molecule has 0 radical (unpaired) electrons. The van der Waals surface area contributed by atoms with Crippen LogP contribution in [0.1, 0.15) is 66.4 Å². The maximum atomic E-state index is 13.0. The quantitative estimate of drug-likeness (QED) is 0.621. The molecule has 0 amide bonds. The molecule has 0 spiro atoms. The number of furan rings is 1. The minimum absolute atomic E-state index is 0.0412. The Morgan fingerprint density at radius 1 is 1.14 bits per heavy atom. The predicted octanol–water partition coefficient (Wildman–Crippen LogP) is 4.45. The molecule has 7 nitrogen and oxygen atoms in total. The number of fused-ring (bicyclic) bond motifs is 5. The zero-order chi connectivity index (χ0) is 25.6. The van der Waals surface area contributed by atoms with Crippen molar-refractivity contribution in [3.05, 3.63) is 48.0 Å². The number of carbonyl (C=O) groups is 3. The second kappa shape index (κ2) is 7.19. The molecule has 7 heteroatoms. The number of ketones is 1. The number of hydrogen-bond donors (Lipinski definition) is 1. The van der Waals surface area contributed by atoms with Crippen molar-refractivity contribution in [3.8, 4) is 0 Å².